The maximum absolute atomic E-state index is 5.51. The van der Waals surface area contributed by atoms with Crippen molar-refractivity contribution < 1.29 is 4.74 Å². The summed E-state index contributed by atoms with van der Waals surface area (Å²) < 4.78 is 9.43. The lowest BCUT2D eigenvalue weighted by molar-refractivity contribution is 0.357. The zero-order valence-corrected chi connectivity index (χ0v) is 10.3. The summed E-state index contributed by atoms with van der Waals surface area (Å²) in [6, 6.07) is 6.44. The molecular formula is C12H13N3OS. The molecule has 1 aliphatic rings. The Morgan fingerprint density at radius 1 is 1.47 bits per heavy atom. The quantitative estimate of drug-likeness (QED) is 0.898. The van der Waals surface area contributed by atoms with Crippen molar-refractivity contribution in [2.24, 2.45) is 0 Å². The predicted molar refractivity (Wildman–Crippen MR) is 66.5 cm³/mol. The Kier molecular flexibility index (Phi) is 2.78. The fraction of sp³-hybridized carbons (Fsp3) is 0.333. The van der Waals surface area contributed by atoms with Crippen molar-refractivity contribution in [1.29, 1.82) is 0 Å². The van der Waals surface area contributed by atoms with Crippen molar-refractivity contribution in [3.63, 3.8) is 0 Å². The van der Waals surface area contributed by atoms with E-state index in [2.05, 4.69) is 27.0 Å². The zero-order valence-electron chi connectivity index (χ0n) is 9.51. The molecule has 5 heteroatoms. The molecule has 1 aromatic heterocycles. The standard InChI is InChI=1S/C12H13N3OS/c1-13-12(10-7-17-15-14-10)9-2-3-11-8(6-9)4-5-16-11/h2-3,6-7,12-13H,4-5H2,1H3. The van der Waals surface area contributed by atoms with E-state index in [4.69, 9.17) is 4.74 Å². The monoisotopic (exact) mass is 247 g/mol. The molecule has 0 fully saturated rings. The first-order valence-electron chi connectivity index (χ1n) is 5.58. The predicted octanol–water partition coefficient (Wildman–Crippen LogP) is 1.78. The summed E-state index contributed by atoms with van der Waals surface area (Å²) in [7, 11) is 1.94. The molecule has 0 saturated heterocycles. The van der Waals surface area contributed by atoms with Gasteiger partial charge in [0.2, 0.25) is 0 Å². The number of hydrogen-bond acceptors (Lipinski definition) is 5. The lowest BCUT2D eigenvalue weighted by atomic mass is 10.0. The highest BCUT2D eigenvalue weighted by atomic mass is 32.1. The molecule has 1 N–H and O–H groups in total. The molecule has 0 bridgehead atoms. The average molecular weight is 247 g/mol. The molecule has 1 aromatic carbocycles. The molecule has 17 heavy (non-hydrogen) atoms. The maximum Gasteiger partial charge on any atom is 0.122 e. The van der Waals surface area contributed by atoms with Crippen molar-refractivity contribution in [3.05, 3.63) is 40.4 Å². The van der Waals surface area contributed by atoms with Gasteiger partial charge in [-0.05, 0) is 35.8 Å². The number of fused-ring (bicyclic) bond motifs is 1. The van der Waals surface area contributed by atoms with E-state index in [1.54, 1.807) is 0 Å². The highest BCUT2D eigenvalue weighted by Crippen LogP contribution is 2.30. The second-order valence-electron chi connectivity index (χ2n) is 4.02. The van der Waals surface area contributed by atoms with Crippen LogP contribution in [0.25, 0.3) is 0 Å². The number of benzene rings is 1. The van der Waals surface area contributed by atoms with Gasteiger partial charge in [0.1, 0.15) is 5.75 Å². The van der Waals surface area contributed by atoms with Gasteiger partial charge in [-0.25, -0.2) is 0 Å². The van der Waals surface area contributed by atoms with Crippen molar-refractivity contribution in [1.82, 2.24) is 14.9 Å². The van der Waals surface area contributed by atoms with Crippen molar-refractivity contribution in [2.45, 2.75) is 12.5 Å². The summed E-state index contributed by atoms with van der Waals surface area (Å²) in [5.41, 5.74) is 3.46. The van der Waals surface area contributed by atoms with E-state index in [0.29, 0.717) is 0 Å². The fourth-order valence-electron chi connectivity index (χ4n) is 2.17. The largest absolute Gasteiger partial charge is 0.493 e. The molecule has 3 rings (SSSR count). The lowest BCUT2D eigenvalue weighted by Crippen LogP contribution is -2.18. The number of ether oxygens (including phenoxy) is 1. The van der Waals surface area contributed by atoms with Crippen molar-refractivity contribution in [3.8, 4) is 5.75 Å². The second kappa shape index (κ2) is 4.43. The van der Waals surface area contributed by atoms with E-state index < -0.39 is 0 Å². The lowest BCUT2D eigenvalue weighted by Gasteiger charge is -2.14. The molecule has 0 aliphatic carbocycles. The number of hydrogen-bond donors (Lipinski definition) is 1. The van der Waals surface area contributed by atoms with Crippen LogP contribution in [0.3, 0.4) is 0 Å². The highest BCUT2D eigenvalue weighted by Gasteiger charge is 2.18. The van der Waals surface area contributed by atoms with Gasteiger partial charge < -0.3 is 10.1 Å². The summed E-state index contributed by atoms with van der Waals surface area (Å²) >= 11 is 1.38. The van der Waals surface area contributed by atoms with E-state index in [-0.39, 0.29) is 6.04 Å². The normalized spacial score (nSPS) is 15.4. The van der Waals surface area contributed by atoms with Crippen LogP contribution in [0.1, 0.15) is 22.9 Å². The fourth-order valence-corrected chi connectivity index (χ4v) is 2.65. The summed E-state index contributed by atoms with van der Waals surface area (Å²) in [6.45, 7) is 0.793. The first-order valence-corrected chi connectivity index (χ1v) is 6.42. The Hall–Kier alpha value is -1.46. The first-order chi connectivity index (χ1) is 8.38. The van der Waals surface area contributed by atoms with Crippen LogP contribution in [0.15, 0.2) is 23.6 Å². The molecule has 1 unspecified atom stereocenters. The SMILES string of the molecule is CNC(c1ccc2c(c1)CCO2)c1csnn1. The van der Waals surface area contributed by atoms with Gasteiger partial charge in [-0.1, -0.05) is 16.6 Å². The van der Waals surface area contributed by atoms with Crippen LogP contribution in [0.4, 0.5) is 0 Å². The molecular weight excluding hydrogens is 234 g/mol. The van der Waals surface area contributed by atoms with Crippen LogP contribution < -0.4 is 10.1 Å². The third kappa shape index (κ3) is 1.92. The molecule has 2 heterocycles. The van der Waals surface area contributed by atoms with Gasteiger partial charge in [0, 0.05) is 11.8 Å². The third-order valence-electron chi connectivity index (χ3n) is 3.01. The number of rotatable bonds is 3. The summed E-state index contributed by atoms with van der Waals surface area (Å²) in [6.07, 6.45) is 0.995. The first kappa shape index (κ1) is 10.7. The Bertz CT molecular complexity index is 512. The minimum Gasteiger partial charge on any atom is -0.493 e. The van der Waals surface area contributed by atoms with Crippen molar-refractivity contribution >= 4 is 11.5 Å². The maximum atomic E-state index is 5.51. The third-order valence-corrected chi connectivity index (χ3v) is 3.53. The Labute approximate surface area is 104 Å². The molecule has 4 nitrogen and oxygen atoms in total. The van der Waals surface area contributed by atoms with Crippen LogP contribution in [0.5, 0.6) is 5.75 Å². The van der Waals surface area contributed by atoms with Crippen molar-refractivity contribution in [2.75, 3.05) is 13.7 Å². The topological polar surface area (TPSA) is 47.0 Å². The molecule has 0 spiro atoms. The van der Waals surface area contributed by atoms with Crippen LogP contribution in [-0.2, 0) is 6.42 Å². The van der Waals surface area contributed by atoms with Gasteiger partial charge >= 0.3 is 0 Å². The molecule has 1 aliphatic heterocycles. The van der Waals surface area contributed by atoms with Gasteiger partial charge in [-0.15, -0.1) is 5.10 Å². The van der Waals surface area contributed by atoms with Gasteiger partial charge in [-0.3, -0.25) is 0 Å². The number of aromatic nitrogens is 2. The van der Waals surface area contributed by atoms with E-state index >= 15 is 0 Å². The Morgan fingerprint density at radius 3 is 3.18 bits per heavy atom. The van der Waals surface area contributed by atoms with Gasteiger partial charge in [0.15, 0.2) is 0 Å². The minimum absolute atomic E-state index is 0.111. The second-order valence-corrected chi connectivity index (χ2v) is 4.63. The Morgan fingerprint density at radius 2 is 2.41 bits per heavy atom. The van der Waals surface area contributed by atoms with E-state index in [1.165, 1.54) is 22.7 Å². The Balaban J connectivity index is 1.97. The van der Waals surface area contributed by atoms with Crippen LogP contribution in [-0.4, -0.2) is 23.2 Å². The van der Waals surface area contributed by atoms with E-state index in [1.807, 2.05) is 18.5 Å². The minimum atomic E-state index is 0.111. The smallest absolute Gasteiger partial charge is 0.122 e. The van der Waals surface area contributed by atoms with Gasteiger partial charge in [0.05, 0.1) is 18.3 Å². The number of nitrogens with one attached hydrogen (secondary N) is 1. The van der Waals surface area contributed by atoms with Crippen LogP contribution in [0.2, 0.25) is 0 Å². The van der Waals surface area contributed by atoms with Crippen LogP contribution in [0, 0.1) is 0 Å². The molecule has 0 saturated carbocycles. The molecule has 0 amide bonds. The van der Waals surface area contributed by atoms with Gasteiger partial charge in [-0.2, -0.15) is 0 Å². The molecule has 1 atom stereocenters. The number of nitrogens with zero attached hydrogens (tertiary/aromatic N) is 2. The van der Waals surface area contributed by atoms with Gasteiger partial charge in [0.25, 0.3) is 0 Å². The molecule has 88 valence electrons. The average Bonchev–Trinajstić information content (AvgIpc) is 2.99. The summed E-state index contributed by atoms with van der Waals surface area (Å²) in [5.74, 6) is 1.01. The highest BCUT2D eigenvalue weighted by molar-refractivity contribution is 7.03. The summed E-state index contributed by atoms with van der Waals surface area (Å²) in [5, 5.41) is 9.38. The molecule has 0 radical (unpaired) electrons. The van der Waals surface area contributed by atoms with E-state index in [0.717, 1.165) is 24.5 Å². The summed E-state index contributed by atoms with van der Waals surface area (Å²) in [4.78, 5) is 0. The molecule has 2 aromatic rings. The van der Waals surface area contributed by atoms with Crippen LogP contribution >= 0.6 is 11.5 Å². The van der Waals surface area contributed by atoms with E-state index in [9.17, 15) is 0 Å². The zero-order chi connectivity index (χ0) is 11.7.